The van der Waals surface area contributed by atoms with Crippen LogP contribution < -0.4 is 5.32 Å². The Kier molecular flexibility index (Phi) is 3.34. The van der Waals surface area contributed by atoms with Crippen LogP contribution in [0.15, 0.2) is 24.5 Å². The third-order valence-electron chi connectivity index (χ3n) is 4.03. The van der Waals surface area contributed by atoms with E-state index in [2.05, 4.69) is 15.9 Å². The van der Waals surface area contributed by atoms with Gasteiger partial charge in [0, 0.05) is 44.9 Å². The van der Waals surface area contributed by atoms with E-state index in [9.17, 15) is 4.79 Å². The Balaban J connectivity index is 1.89. The van der Waals surface area contributed by atoms with Crippen LogP contribution in [0.4, 0.5) is 5.82 Å². The molecule has 1 aliphatic rings. The molecule has 3 heterocycles. The van der Waals surface area contributed by atoms with Gasteiger partial charge in [0.2, 0.25) is 5.91 Å². The van der Waals surface area contributed by atoms with Crippen LogP contribution in [0, 0.1) is 0 Å². The number of rotatable bonds is 3. The molecule has 1 amide bonds. The van der Waals surface area contributed by atoms with Gasteiger partial charge in [-0.15, -0.1) is 0 Å². The first-order valence-corrected chi connectivity index (χ1v) is 7.16. The van der Waals surface area contributed by atoms with E-state index >= 15 is 0 Å². The highest BCUT2D eigenvalue weighted by Crippen LogP contribution is 2.28. The monoisotopic (exact) mass is 272 g/mol. The second kappa shape index (κ2) is 5.15. The number of fused-ring (bicyclic) bond motifs is 1. The largest absolute Gasteiger partial charge is 0.371 e. The van der Waals surface area contributed by atoms with Crippen molar-refractivity contribution in [1.82, 2.24) is 14.3 Å². The van der Waals surface area contributed by atoms with Gasteiger partial charge < -0.3 is 14.6 Å². The van der Waals surface area contributed by atoms with Gasteiger partial charge in [0.1, 0.15) is 5.82 Å². The molecule has 5 heteroatoms. The quantitative estimate of drug-likeness (QED) is 0.931. The maximum atomic E-state index is 11.8. The van der Waals surface area contributed by atoms with Crippen LogP contribution in [0.2, 0.25) is 0 Å². The van der Waals surface area contributed by atoms with Crippen LogP contribution in [-0.4, -0.2) is 40.3 Å². The van der Waals surface area contributed by atoms with Gasteiger partial charge >= 0.3 is 0 Å². The maximum absolute atomic E-state index is 11.8. The van der Waals surface area contributed by atoms with Crippen LogP contribution in [0.3, 0.4) is 0 Å². The summed E-state index contributed by atoms with van der Waals surface area (Å²) in [5.41, 5.74) is 2.14. The fourth-order valence-corrected chi connectivity index (χ4v) is 2.90. The number of hydrogen-bond acceptors (Lipinski definition) is 3. The van der Waals surface area contributed by atoms with Crippen molar-refractivity contribution >= 4 is 17.2 Å². The van der Waals surface area contributed by atoms with Gasteiger partial charge in [0.25, 0.3) is 0 Å². The van der Waals surface area contributed by atoms with Crippen LogP contribution in [0.1, 0.15) is 31.4 Å². The van der Waals surface area contributed by atoms with Crippen LogP contribution in [0.25, 0.3) is 5.52 Å². The fourth-order valence-electron chi connectivity index (χ4n) is 2.90. The van der Waals surface area contributed by atoms with E-state index in [1.54, 1.807) is 0 Å². The molecule has 0 unspecified atom stereocenters. The molecule has 1 atom stereocenters. The summed E-state index contributed by atoms with van der Waals surface area (Å²) in [4.78, 5) is 18.4. The van der Waals surface area contributed by atoms with Crippen molar-refractivity contribution in [2.75, 3.05) is 25.5 Å². The highest BCUT2D eigenvalue weighted by molar-refractivity contribution is 5.76. The molecule has 3 rings (SSSR count). The first-order valence-electron chi connectivity index (χ1n) is 7.16. The van der Waals surface area contributed by atoms with E-state index in [1.807, 2.05) is 37.2 Å². The van der Waals surface area contributed by atoms with Gasteiger partial charge in [-0.2, -0.15) is 0 Å². The van der Waals surface area contributed by atoms with Gasteiger partial charge in [-0.3, -0.25) is 4.79 Å². The summed E-state index contributed by atoms with van der Waals surface area (Å²) in [7, 11) is 1.89. The van der Waals surface area contributed by atoms with E-state index in [-0.39, 0.29) is 5.91 Å². The van der Waals surface area contributed by atoms with Crippen LogP contribution in [-0.2, 0) is 4.79 Å². The van der Waals surface area contributed by atoms with Crippen molar-refractivity contribution in [2.45, 2.75) is 25.7 Å². The SMILES string of the molecule is CCC(=O)N1CC[C@@H](c2cn3cccc3c(NC)n2)C1. The Morgan fingerprint density at radius 2 is 2.40 bits per heavy atom. The number of hydrogen-bond donors (Lipinski definition) is 1. The molecule has 0 radical (unpaired) electrons. The molecule has 5 nitrogen and oxygen atoms in total. The summed E-state index contributed by atoms with van der Waals surface area (Å²) in [5, 5.41) is 3.15. The van der Waals surface area contributed by atoms with Crippen molar-refractivity contribution in [3.05, 3.63) is 30.2 Å². The van der Waals surface area contributed by atoms with E-state index in [0.717, 1.165) is 36.5 Å². The molecule has 2 aromatic rings. The number of nitrogens with one attached hydrogen (secondary N) is 1. The molecule has 2 aromatic heterocycles. The Bertz CT molecular complexity index is 634. The van der Waals surface area contributed by atoms with Gasteiger partial charge in [-0.05, 0) is 18.6 Å². The Morgan fingerprint density at radius 3 is 3.15 bits per heavy atom. The van der Waals surface area contributed by atoms with Crippen molar-refractivity contribution in [1.29, 1.82) is 0 Å². The van der Waals surface area contributed by atoms with Gasteiger partial charge in [-0.1, -0.05) is 6.92 Å². The number of anilines is 1. The summed E-state index contributed by atoms with van der Waals surface area (Å²) >= 11 is 0. The number of likely N-dealkylation sites (tertiary alicyclic amines) is 1. The average Bonchev–Trinajstić information content (AvgIpc) is 3.13. The molecule has 1 fully saturated rings. The molecule has 1 aliphatic heterocycles. The Labute approximate surface area is 118 Å². The zero-order chi connectivity index (χ0) is 14.1. The normalized spacial score (nSPS) is 18.7. The number of carbonyl (C=O) groups excluding carboxylic acids is 1. The molecular weight excluding hydrogens is 252 g/mol. The summed E-state index contributed by atoms with van der Waals surface area (Å²) in [5.74, 6) is 1.47. The van der Waals surface area contributed by atoms with E-state index in [0.29, 0.717) is 12.3 Å². The molecule has 106 valence electrons. The zero-order valence-corrected chi connectivity index (χ0v) is 12.0. The molecule has 0 saturated carbocycles. The summed E-state index contributed by atoms with van der Waals surface area (Å²) in [6.07, 6.45) is 5.69. The Hall–Kier alpha value is -2.04. The van der Waals surface area contributed by atoms with E-state index < -0.39 is 0 Å². The standard InChI is InChI=1S/C15H20N4O/c1-3-14(20)19-8-6-11(9-19)12-10-18-7-4-5-13(18)15(16-2)17-12/h4-5,7,10-11H,3,6,8-9H2,1-2H3,(H,16,17)/t11-/m1/s1. The molecular formula is C15H20N4O. The van der Waals surface area contributed by atoms with Crippen LogP contribution >= 0.6 is 0 Å². The lowest BCUT2D eigenvalue weighted by Crippen LogP contribution is -2.27. The summed E-state index contributed by atoms with van der Waals surface area (Å²) < 4.78 is 2.10. The molecule has 0 aliphatic carbocycles. The maximum Gasteiger partial charge on any atom is 0.222 e. The van der Waals surface area contributed by atoms with Crippen LogP contribution in [0.5, 0.6) is 0 Å². The summed E-state index contributed by atoms with van der Waals surface area (Å²) in [6, 6.07) is 4.06. The lowest BCUT2D eigenvalue weighted by molar-refractivity contribution is -0.129. The predicted molar refractivity (Wildman–Crippen MR) is 79.0 cm³/mol. The van der Waals surface area contributed by atoms with Gasteiger partial charge in [-0.25, -0.2) is 4.98 Å². The molecule has 20 heavy (non-hydrogen) atoms. The lowest BCUT2D eigenvalue weighted by atomic mass is 10.1. The minimum Gasteiger partial charge on any atom is -0.371 e. The van der Waals surface area contributed by atoms with Crippen molar-refractivity contribution < 1.29 is 4.79 Å². The number of amides is 1. The molecule has 0 aromatic carbocycles. The molecule has 1 N–H and O–H groups in total. The molecule has 0 spiro atoms. The highest BCUT2D eigenvalue weighted by atomic mass is 16.2. The first kappa shape index (κ1) is 13.0. The highest BCUT2D eigenvalue weighted by Gasteiger charge is 2.28. The molecule has 0 bridgehead atoms. The third kappa shape index (κ3) is 2.13. The first-order chi connectivity index (χ1) is 9.72. The fraction of sp³-hybridized carbons (Fsp3) is 0.467. The number of aromatic nitrogens is 2. The number of nitrogens with zero attached hydrogens (tertiary/aromatic N) is 3. The van der Waals surface area contributed by atoms with Crippen molar-refractivity contribution in [3.8, 4) is 0 Å². The number of carbonyl (C=O) groups is 1. The Morgan fingerprint density at radius 1 is 1.55 bits per heavy atom. The third-order valence-corrected chi connectivity index (χ3v) is 4.03. The second-order valence-electron chi connectivity index (χ2n) is 5.24. The minimum atomic E-state index is 0.239. The predicted octanol–water partition coefficient (Wildman–Crippen LogP) is 2.10. The van der Waals surface area contributed by atoms with Crippen molar-refractivity contribution in [3.63, 3.8) is 0 Å². The van der Waals surface area contributed by atoms with Crippen molar-refractivity contribution in [2.24, 2.45) is 0 Å². The van der Waals surface area contributed by atoms with E-state index in [4.69, 9.17) is 4.98 Å². The molecule has 1 saturated heterocycles. The van der Waals surface area contributed by atoms with Gasteiger partial charge in [0.05, 0.1) is 11.2 Å². The van der Waals surface area contributed by atoms with E-state index in [1.165, 1.54) is 0 Å². The van der Waals surface area contributed by atoms with Gasteiger partial charge in [0.15, 0.2) is 0 Å². The summed E-state index contributed by atoms with van der Waals surface area (Å²) in [6.45, 7) is 3.55. The smallest absolute Gasteiger partial charge is 0.222 e. The zero-order valence-electron chi connectivity index (χ0n) is 12.0. The topological polar surface area (TPSA) is 49.6 Å². The average molecular weight is 272 g/mol. The second-order valence-corrected chi connectivity index (χ2v) is 5.24. The minimum absolute atomic E-state index is 0.239. The lowest BCUT2D eigenvalue weighted by Gasteiger charge is -2.16.